The van der Waals surface area contributed by atoms with Gasteiger partial charge in [0, 0.05) is 11.1 Å². The fourth-order valence-corrected chi connectivity index (χ4v) is 2.05. The Bertz CT molecular complexity index is 627. The number of hydrogen-bond acceptors (Lipinski definition) is 3. The number of carbonyl (C=O) groups is 1. The second-order valence-electron chi connectivity index (χ2n) is 5.12. The number of aliphatic hydroxyl groups is 1. The summed E-state index contributed by atoms with van der Waals surface area (Å²) < 4.78 is 5.55. The zero-order valence-electron chi connectivity index (χ0n) is 12.7. The van der Waals surface area contributed by atoms with Gasteiger partial charge < -0.3 is 9.84 Å². The number of hydrogen-bond donors (Lipinski definition) is 1. The topological polar surface area (TPSA) is 46.5 Å². The van der Waals surface area contributed by atoms with E-state index in [2.05, 4.69) is 0 Å². The van der Waals surface area contributed by atoms with E-state index in [0.29, 0.717) is 24.3 Å². The molecule has 0 aromatic heterocycles. The molecule has 0 aliphatic heterocycles. The number of aliphatic hydroxyl groups excluding tert-OH is 1. The van der Waals surface area contributed by atoms with Gasteiger partial charge in [0.15, 0.2) is 5.78 Å². The second-order valence-corrected chi connectivity index (χ2v) is 5.12. The van der Waals surface area contributed by atoms with Gasteiger partial charge in [0.05, 0.1) is 19.8 Å². The first-order chi connectivity index (χ1) is 10.7. The molecule has 22 heavy (non-hydrogen) atoms. The quantitative estimate of drug-likeness (QED) is 0.629. The molecule has 0 aliphatic carbocycles. The Hall–Kier alpha value is -2.23. The van der Waals surface area contributed by atoms with Crippen LogP contribution in [0.25, 0.3) is 0 Å². The van der Waals surface area contributed by atoms with Crippen LogP contribution in [0.1, 0.15) is 28.4 Å². The summed E-state index contributed by atoms with van der Waals surface area (Å²) in [4.78, 5) is 12.3. The molecule has 0 saturated carbocycles. The fourth-order valence-electron chi connectivity index (χ4n) is 2.05. The van der Waals surface area contributed by atoms with Crippen molar-refractivity contribution in [2.75, 3.05) is 13.2 Å². The van der Waals surface area contributed by atoms with Crippen molar-refractivity contribution in [3.05, 3.63) is 82.9 Å². The fraction of sp³-hybridized carbons (Fsp3) is 0.211. The summed E-state index contributed by atoms with van der Waals surface area (Å²) in [5.74, 6) is 0.0230. The number of benzene rings is 2. The summed E-state index contributed by atoms with van der Waals surface area (Å²) in [7, 11) is 0. The van der Waals surface area contributed by atoms with E-state index >= 15 is 0 Å². The summed E-state index contributed by atoms with van der Waals surface area (Å²) in [5, 5.41) is 8.77. The minimum atomic E-state index is 0.0230. The summed E-state index contributed by atoms with van der Waals surface area (Å²) in [6, 6.07) is 16.7. The highest BCUT2D eigenvalue weighted by molar-refractivity contribution is 6.08. The van der Waals surface area contributed by atoms with E-state index in [1.54, 1.807) is 6.08 Å². The van der Waals surface area contributed by atoms with Gasteiger partial charge in [0.2, 0.25) is 0 Å². The van der Waals surface area contributed by atoms with E-state index in [9.17, 15) is 4.79 Å². The van der Waals surface area contributed by atoms with Crippen LogP contribution in [0.4, 0.5) is 0 Å². The number of ketones is 1. The lowest BCUT2D eigenvalue weighted by atomic mass is 10.0. The highest BCUT2D eigenvalue weighted by Gasteiger charge is 2.07. The zero-order valence-corrected chi connectivity index (χ0v) is 12.7. The SMILES string of the molecule is C/C(=C\CO)COCc1ccc(C(=O)c2ccccc2)cc1. The van der Waals surface area contributed by atoms with Crippen molar-refractivity contribution in [2.45, 2.75) is 13.5 Å². The third kappa shape index (κ3) is 4.65. The Morgan fingerprint density at radius 1 is 1.05 bits per heavy atom. The predicted octanol–water partition coefficient (Wildman–Crippen LogP) is 3.37. The van der Waals surface area contributed by atoms with Crippen LogP contribution in [-0.2, 0) is 11.3 Å². The van der Waals surface area contributed by atoms with Crippen LogP contribution in [0, 0.1) is 0 Å². The largest absolute Gasteiger partial charge is 0.392 e. The maximum Gasteiger partial charge on any atom is 0.193 e. The lowest BCUT2D eigenvalue weighted by Crippen LogP contribution is -2.02. The van der Waals surface area contributed by atoms with Crippen molar-refractivity contribution in [1.82, 2.24) is 0 Å². The van der Waals surface area contributed by atoms with Gasteiger partial charge in [0.1, 0.15) is 0 Å². The van der Waals surface area contributed by atoms with Crippen LogP contribution < -0.4 is 0 Å². The van der Waals surface area contributed by atoms with Gasteiger partial charge in [-0.3, -0.25) is 4.79 Å². The molecular formula is C19H20O3. The van der Waals surface area contributed by atoms with Gasteiger partial charge in [-0.15, -0.1) is 0 Å². The van der Waals surface area contributed by atoms with Crippen molar-refractivity contribution in [2.24, 2.45) is 0 Å². The maximum atomic E-state index is 12.3. The third-order valence-corrected chi connectivity index (χ3v) is 3.29. The summed E-state index contributed by atoms with van der Waals surface area (Å²) in [5.41, 5.74) is 3.38. The van der Waals surface area contributed by atoms with Gasteiger partial charge in [-0.2, -0.15) is 0 Å². The molecule has 0 atom stereocenters. The zero-order chi connectivity index (χ0) is 15.8. The highest BCUT2D eigenvalue weighted by Crippen LogP contribution is 2.12. The summed E-state index contributed by atoms with van der Waals surface area (Å²) in [6.07, 6.45) is 1.72. The molecule has 0 heterocycles. The van der Waals surface area contributed by atoms with E-state index in [1.807, 2.05) is 61.5 Å². The molecule has 0 amide bonds. The molecule has 2 rings (SSSR count). The molecule has 0 aliphatic rings. The first-order valence-electron chi connectivity index (χ1n) is 7.23. The van der Waals surface area contributed by atoms with Gasteiger partial charge in [-0.1, -0.05) is 60.7 Å². The minimum absolute atomic E-state index is 0.0230. The third-order valence-electron chi connectivity index (χ3n) is 3.29. The molecule has 0 unspecified atom stereocenters. The number of rotatable bonds is 7. The molecule has 0 bridgehead atoms. The molecular weight excluding hydrogens is 276 g/mol. The van der Waals surface area contributed by atoms with Crippen molar-refractivity contribution in [1.29, 1.82) is 0 Å². The van der Waals surface area contributed by atoms with E-state index < -0.39 is 0 Å². The van der Waals surface area contributed by atoms with E-state index in [-0.39, 0.29) is 12.4 Å². The molecule has 0 spiro atoms. The van der Waals surface area contributed by atoms with Crippen molar-refractivity contribution >= 4 is 5.78 Å². The van der Waals surface area contributed by atoms with E-state index in [0.717, 1.165) is 11.1 Å². The van der Waals surface area contributed by atoms with Gasteiger partial charge >= 0.3 is 0 Å². The number of ether oxygens (including phenoxy) is 1. The van der Waals surface area contributed by atoms with Crippen LogP contribution in [0.2, 0.25) is 0 Å². The van der Waals surface area contributed by atoms with E-state index in [1.165, 1.54) is 0 Å². The standard InChI is InChI=1S/C19H20O3/c1-15(11-12-20)13-22-14-16-7-9-18(10-8-16)19(21)17-5-3-2-4-6-17/h2-11,20H,12-14H2,1H3/b15-11+. The van der Waals surface area contributed by atoms with Gasteiger partial charge in [-0.05, 0) is 18.1 Å². The molecule has 3 nitrogen and oxygen atoms in total. The normalized spacial score (nSPS) is 11.5. The molecule has 1 N–H and O–H groups in total. The minimum Gasteiger partial charge on any atom is -0.392 e. The van der Waals surface area contributed by atoms with Crippen LogP contribution >= 0.6 is 0 Å². The first-order valence-corrected chi connectivity index (χ1v) is 7.23. The highest BCUT2D eigenvalue weighted by atomic mass is 16.5. The van der Waals surface area contributed by atoms with Crippen molar-refractivity contribution < 1.29 is 14.6 Å². The van der Waals surface area contributed by atoms with Gasteiger partial charge in [-0.25, -0.2) is 0 Å². The average molecular weight is 296 g/mol. The molecule has 0 fully saturated rings. The Kier molecular flexibility index (Phi) is 6.07. The van der Waals surface area contributed by atoms with Crippen LogP contribution in [0.15, 0.2) is 66.2 Å². The Labute approximate surface area is 130 Å². The molecule has 0 saturated heterocycles. The molecule has 2 aromatic rings. The Morgan fingerprint density at radius 3 is 2.32 bits per heavy atom. The van der Waals surface area contributed by atoms with Crippen molar-refractivity contribution in [3.8, 4) is 0 Å². The predicted molar refractivity (Wildman–Crippen MR) is 86.8 cm³/mol. The molecule has 3 heteroatoms. The van der Waals surface area contributed by atoms with Crippen LogP contribution in [0.5, 0.6) is 0 Å². The molecule has 2 aromatic carbocycles. The Balaban J connectivity index is 1.93. The number of carbonyl (C=O) groups excluding carboxylic acids is 1. The maximum absolute atomic E-state index is 12.3. The van der Waals surface area contributed by atoms with Gasteiger partial charge in [0.25, 0.3) is 0 Å². The molecule has 0 radical (unpaired) electrons. The van der Waals surface area contributed by atoms with Crippen LogP contribution in [-0.4, -0.2) is 24.1 Å². The molecule has 114 valence electrons. The first kappa shape index (κ1) is 16.1. The Morgan fingerprint density at radius 2 is 1.68 bits per heavy atom. The summed E-state index contributed by atoms with van der Waals surface area (Å²) >= 11 is 0. The average Bonchev–Trinajstić information content (AvgIpc) is 2.56. The summed E-state index contributed by atoms with van der Waals surface area (Å²) in [6.45, 7) is 2.92. The monoisotopic (exact) mass is 296 g/mol. The van der Waals surface area contributed by atoms with E-state index in [4.69, 9.17) is 9.84 Å². The lowest BCUT2D eigenvalue weighted by molar-refractivity contribution is 0.103. The van der Waals surface area contributed by atoms with Crippen molar-refractivity contribution in [3.63, 3.8) is 0 Å². The lowest BCUT2D eigenvalue weighted by Gasteiger charge is -2.06. The smallest absolute Gasteiger partial charge is 0.193 e. The second kappa shape index (κ2) is 8.27. The van der Waals surface area contributed by atoms with Crippen LogP contribution in [0.3, 0.4) is 0 Å².